The first kappa shape index (κ1) is 17.4. The molecule has 0 saturated heterocycles. The molecule has 0 aliphatic heterocycles. The second-order valence-electron chi connectivity index (χ2n) is 4.35. The van der Waals surface area contributed by atoms with Crippen LogP contribution in [-0.2, 0) is 6.42 Å². The second kappa shape index (κ2) is 6.66. The Morgan fingerprint density at radius 1 is 1.09 bits per heavy atom. The maximum atomic E-state index is 10.9. The topological polar surface area (TPSA) is 83.6 Å². The smallest absolute Gasteiger partial charge is 0.271 e. The number of benzene rings is 2. The van der Waals surface area contributed by atoms with Crippen LogP contribution in [0, 0.1) is 13.7 Å². The number of phenolic OH excluding ortho intramolecular Hbond substituents is 2. The van der Waals surface area contributed by atoms with Crippen molar-refractivity contribution in [3.63, 3.8) is 0 Å². The first-order valence-electron chi connectivity index (χ1n) is 5.73. The van der Waals surface area contributed by atoms with Gasteiger partial charge in [-0.1, -0.05) is 34.8 Å². The number of hydrogen-bond donors (Lipinski definition) is 2. The molecule has 2 rings (SSSR count). The summed E-state index contributed by atoms with van der Waals surface area (Å²) in [6.07, 6.45) is -0.0611. The lowest BCUT2D eigenvalue weighted by Gasteiger charge is -2.12. The lowest BCUT2D eigenvalue weighted by Crippen LogP contribution is -1.97. The Balaban J connectivity index is 2.59. The number of hydrogen-bond acceptors (Lipinski definition) is 4. The third-order valence-corrected chi connectivity index (χ3v) is 4.88. The molecule has 0 atom stereocenters. The van der Waals surface area contributed by atoms with E-state index in [0.717, 1.165) is 0 Å². The van der Waals surface area contributed by atoms with Crippen LogP contribution in [-0.4, -0.2) is 15.1 Å². The highest BCUT2D eigenvalue weighted by Crippen LogP contribution is 2.41. The van der Waals surface area contributed by atoms with Gasteiger partial charge in [0.25, 0.3) is 5.69 Å². The SMILES string of the molecule is O=[N+]([O-])c1cc(I)c(O)c(Cc2c(O)c(Cl)cc(Cl)c2Cl)c1. The van der Waals surface area contributed by atoms with Gasteiger partial charge < -0.3 is 10.2 Å². The Kier molecular flexibility index (Phi) is 5.26. The van der Waals surface area contributed by atoms with Gasteiger partial charge in [-0.2, -0.15) is 0 Å². The second-order valence-corrected chi connectivity index (χ2v) is 6.71. The van der Waals surface area contributed by atoms with Crippen molar-refractivity contribution < 1.29 is 15.1 Å². The molecule has 0 radical (unpaired) electrons. The van der Waals surface area contributed by atoms with Crippen LogP contribution in [0.25, 0.3) is 0 Å². The fourth-order valence-corrected chi connectivity index (χ4v) is 3.25. The van der Waals surface area contributed by atoms with Gasteiger partial charge in [-0.3, -0.25) is 10.1 Å². The number of nitrogens with zero attached hydrogens (tertiary/aromatic N) is 1. The minimum absolute atomic E-state index is 0.00372. The van der Waals surface area contributed by atoms with Gasteiger partial charge in [0.1, 0.15) is 11.5 Å². The quantitative estimate of drug-likeness (QED) is 0.279. The molecule has 0 unspecified atom stereocenters. The van der Waals surface area contributed by atoms with Crippen LogP contribution in [0.3, 0.4) is 0 Å². The number of non-ortho nitro benzene ring substituents is 1. The molecule has 0 fully saturated rings. The predicted octanol–water partition coefficient (Wildman–Crippen LogP) is 5.16. The molecule has 0 amide bonds. The molecular formula is C13H7Cl3INO4. The first-order chi connectivity index (χ1) is 10.2. The van der Waals surface area contributed by atoms with Crippen LogP contribution in [0.1, 0.15) is 11.1 Å². The van der Waals surface area contributed by atoms with Gasteiger partial charge in [0, 0.05) is 29.7 Å². The van der Waals surface area contributed by atoms with Gasteiger partial charge in [0.15, 0.2) is 0 Å². The van der Waals surface area contributed by atoms with E-state index in [1.165, 1.54) is 18.2 Å². The molecule has 0 aromatic heterocycles. The number of phenols is 2. The van der Waals surface area contributed by atoms with E-state index in [0.29, 0.717) is 3.57 Å². The van der Waals surface area contributed by atoms with Crippen LogP contribution >= 0.6 is 57.4 Å². The summed E-state index contributed by atoms with van der Waals surface area (Å²) in [7, 11) is 0. The van der Waals surface area contributed by atoms with Crippen molar-refractivity contribution in [2.24, 2.45) is 0 Å². The zero-order valence-corrected chi connectivity index (χ0v) is 15.0. The van der Waals surface area contributed by atoms with Crippen molar-refractivity contribution in [3.8, 4) is 11.5 Å². The maximum absolute atomic E-state index is 10.9. The Labute approximate surface area is 153 Å². The molecule has 22 heavy (non-hydrogen) atoms. The minimum atomic E-state index is -0.572. The highest BCUT2D eigenvalue weighted by molar-refractivity contribution is 14.1. The molecule has 0 saturated carbocycles. The number of nitro groups is 1. The van der Waals surface area contributed by atoms with Crippen molar-refractivity contribution in [1.82, 2.24) is 0 Å². The van der Waals surface area contributed by atoms with E-state index in [-0.39, 0.29) is 49.8 Å². The number of rotatable bonds is 3. The third-order valence-electron chi connectivity index (χ3n) is 2.95. The van der Waals surface area contributed by atoms with E-state index >= 15 is 0 Å². The highest BCUT2D eigenvalue weighted by atomic mass is 127. The fourth-order valence-electron chi connectivity index (χ4n) is 1.87. The number of halogens is 4. The Morgan fingerprint density at radius 3 is 2.32 bits per heavy atom. The van der Waals surface area contributed by atoms with Crippen molar-refractivity contribution in [2.45, 2.75) is 6.42 Å². The van der Waals surface area contributed by atoms with Crippen LogP contribution in [0.15, 0.2) is 18.2 Å². The van der Waals surface area contributed by atoms with Crippen LogP contribution in [0.4, 0.5) is 5.69 Å². The summed E-state index contributed by atoms with van der Waals surface area (Å²) in [6, 6.07) is 3.75. The molecule has 0 spiro atoms. The summed E-state index contributed by atoms with van der Waals surface area (Å²) in [4.78, 5) is 10.3. The van der Waals surface area contributed by atoms with Gasteiger partial charge in [0.2, 0.25) is 0 Å². The average molecular weight is 474 g/mol. The summed E-state index contributed by atoms with van der Waals surface area (Å²) >= 11 is 19.6. The largest absolute Gasteiger partial charge is 0.507 e. The average Bonchev–Trinajstić information content (AvgIpc) is 2.45. The fraction of sp³-hybridized carbons (Fsp3) is 0.0769. The van der Waals surface area contributed by atoms with Gasteiger partial charge in [-0.05, 0) is 28.7 Å². The summed E-state index contributed by atoms with van der Waals surface area (Å²) in [5.41, 5.74) is 0.237. The number of aromatic hydroxyl groups is 2. The van der Waals surface area contributed by atoms with Crippen molar-refractivity contribution >= 4 is 63.1 Å². The molecule has 2 aromatic carbocycles. The van der Waals surface area contributed by atoms with E-state index in [4.69, 9.17) is 34.8 Å². The summed E-state index contributed by atoms with van der Waals surface area (Å²) < 4.78 is 0.311. The molecule has 2 aromatic rings. The molecule has 0 aliphatic rings. The van der Waals surface area contributed by atoms with E-state index < -0.39 is 4.92 Å². The van der Waals surface area contributed by atoms with Gasteiger partial charge in [0.05, 0.1) is 23.6 Å². The minimum Gasteiger partial charge on any atom is -0.507 e. The third kappa shape index (κ3) is 3.34. The molecule has 2 N–H and O–H groups in total. The van der Waals surface area contributed by atoms with Gasteiger partial charge in [-0.25, -0.2) is 0 Å². The molecule has 0 aliphatic carbocycles. The Hall–Kier alpha value is -0.960. The van der Waals surface area contributed by atoms with Crippen molar-refractivity contribution in [3.05, 3.63) is 58.1 Å². The zero-order valence-electron chi connectivity index (χ0n) is 10.6. The monoisotopic (exact) mass is 473 g/mol. The predicted molar refractivity (Wildman–Crippen MR) is 93.4 cm³/mol. The van der Waals surface area contributed by atoms with Crippen LogP contribution in [0.2, 0.25) is 15.1 Å². The van der Waals surface area contributed by atoms with E-state index in [9.17, 15) is 20.3 Å². The summed E-state index contributed by atoms with van der Waals surface area (Å²) in [5, 5.41) is 31.2. The maximum Gasteiger partial charge on any atom is 0.271 e. The van der Waals surface area contributed by atoms with E-state index in [1.54, 1.807) is 22.6 Å². The highest BCUT2D eigenvalue weighted by Gasteiger charge is 2.20. The molecular weight excluding hydrogens is 467 g/mol. The molecule has 0 bridgehead atoms. The summed E-state index contributed by atoms with van der Waals surface area (Å²) in [6.45, 7) is 0. The zero-order chi connectivity index (χ0) is 16.6. The van der Waals surface area contributed by atoms with Gasteiger partial charge >= 0.3 is 0 Å². The normalized spacial score (nSPS) is 10.7. The molecule has 116 valence electrons. The Bertz CT molecular complexity index is 756. The van der Waals surface area contributed by atoms with E-state index in [2.05, 4.69) is 0 Å². The van der Waals surface area contributed by atoms with Crippen molar-refractivity contribution in [1.29, 1.82) is 0 Å². The first-order valence-corrected chi connectivity index (χ1v) is 7.94. The van der Waals surface area contributed by atoms with Crippen LogP contribution in [0.5, 0.6) is 11.5 Å². The lowest BCUT2D eigenvalue weighted by molar-refractivity contribution is -0.385. The molecule has 5 nitrogen and oxygen atoms in total. The lowest BCUT2D eigenvalue weighted by atomic mass is 10.0. The number of nitro benzene ring substituents is 1. The van der Waals surface area contributed by atoms with Crippen LogP contribution < -0.4 is 0 Å². The van der Waals surface area contributed by atoms with E-state index in [1.807, 2.05) is 0 Å². The standard InChI is InChI=1S/C13H7Cl3INO4/c14-8-4-9(15)13(20)7(11(8)16)2-5-1-6(18(21)22)3-10(17)12(5)19/h1,3-4,19-20H,2H2. The van der Waals surface area contributed by atoms with Gasteiger partial charge in [-0.15, -0.1) is 0 Å². The molecule has 0 heterocycles. The summed E-state index contributed by atoms with van der Waals surface area (Å²) in [5.74, 6) is -0.408. The molecule has 9 heteroatoms. The van der Waals surface area contributed by atoms with Crippen molar-refractivity contribution in [2.75, 3.05) is 0 Å². The Morgan fingerprint density at radius 2 is 1.73 bits per heavy atom.